The van der Waals surface area contributed by atoms with Crippen LogP contribution in [0.3, 0.4) is 0 Å². The quantitative estimate of drug-likeness (QED) is 0.417. The van der Waals surface area contributed by atoms with Crippen LogP contribution in [0.15, 0.2) is 6.20 Å². The van der Waals surface area contributed by atoms with E-state index in [1.807, 2.05) is 40.8 Å². The second-order valence-electron chi connectivity index (χ2n) is 8.08. The van der Waals surface area contributed by atoms with Crippen molar-refractivity contribution in [1.82, 2.24) is 14.9 Å². The molecule has 1 aliphatic heterocycles. The van der Waals surface area contributed by atoms with Crippen LogP contribution in [0.5, 0.6) is 0 Å². The molecule has 8 heteroatoms. The normalized spacial score (nSPS) is 16.4. The number of aromatic nitrogens is 1. The SMILES string of the molecule is Cc1[nH]c(C=O)c(C)c1/C([NH3+])=C/N(N)C1CCN(C(=O)OC(C)(C)C)CC1. The summed E-state index contributed by atoms with van der Waals surface area (Å²) in [5, 5.41) is 1.67. The third-order valence-electron chi connectivity index (χ3n) is 4.76. The van der Waals surface area contributed by atoms with Gasteiger partial charge in [0.2, 0.25) is 0 Å². The Labute approximate surface area is 160 Å². The zero-order valence-electron chi connectivity index (χ0n) is 17.0. The topological polar surface area (TPSA) is 119 Å². The first-order valence-electron chi connectivity index (χ1n) is 9.23. The predicted octanol–water partition coefficient (Wildman–Crippen LogP) is 1.56. The third-order valence-corrected chi connectivity index (χ3v) is 4.76. The van der Waals surface area contributed by atoms with Crippen molar-refractivity contribution in [2.24, 2.45) is 5.84 Å². The Morgan fingerprint density at radius 3 is 2.41 bits per heavy atom. The first kappa shape index (κ1) is 21.0. The van der Waals surface area contributed by atoms with E-state index in [9.17, 15) is 9.59 Å². The number of nitrogens with zero attached hydrogens (tertiary/aromatic N) is 2. The Morgan fingerprint density at radius 1 is 1.33 bits per heavy atom. The number of ether oxygens (including phenoxy) is 1. The van der Waals surface area contributed by atoms with Gasteiger partial charge in [-0.15, -0.1) is 0 Å². The van der Waals surface area contributed by atoms with Crippen molar-refractivity contribution in [1.29, 1.82) is 0 Å². The van der Waals surface area contributed by atoms with Crippen molar-refractivity contribution in [2.45, 2.75) is 59.1 Å². The number of aldehydes is 1. The molecule has 0 aliphatic carbocycles. The number of aromatic amines is 1. The van der Waals surface area contributed by atoms with E-state index in [1.54, 1.807) is 9.91 Å². The Hall–Kier alpha value is -2.32. The molecule has 0 bridgehead atoms. The molecule has 0 radical (unpaired) electrons. The van der Waals surface area contributed by atoms with Crippen LogP contribution >= 0.6 is 0 Å². The van der Waals surface area contributed by atoms with Crippen LogP contribution in [-0.4, -0.2) is 52.0 Å². The summed E-state index contributed by atoms with van der Waals surface area (Å²) in [7, 11) is 0. The molecule has 1 amide bonds. The molecule has 0 atom stereocenters. The van der Waals surface area contributed by atoms with E-state index in [0.717, 1.165) is 41.6 Å². The molecule has 27 heavy (non-hydrogen) atoms. The Morgan fingerprint density at radius 2 is 1.93 bits per heavy atom. The molecule has 0 spiro atoms. The van der Waals surface area contributed by atoms with Crippen LogP contribution in [0.4, 0.5) is 4.79 Å². The van der Waals surface area contributed by atoms with Crippen molar-refractivity contribution < 1.29 is 20.1 Å². The van der Waals surface area contributed by atoms with Gasteiger partial charge in [0.25, 0.3) is 0 Å². The van der Waals surface area contributed by atoms with Gasteiger partial charge in [-0.25, -0.2) is 10.6 Å². The number of quaternary nitrogens is 1. The Bertz CT molecular complexity index is 724. The molecule has 6 N–H and O–H groups in total. The van der Waals surface area contributed by atoms with Crippen LogP contribution < -0.4 is 11.6 Å². The van der Waals surface area contributed by atoms with Gasteiger partial charge >= 0.3 is 6.09 Å². The molecule has 8 nitrogen and oxygen atoms in total. The van der Waals surface area contributed by atoms with Gasteiger partial charge in [0.05, 0.1) is 17.5 Å². The number of carbonyl (C=O) groups is 2. The van der Waals surface area contributed by atoms with E-state index in [-0.39, 0.29) is 12.1 Å². The number of H-pyrrole nitrogens is 1. The number of amides is 1. The van der Waals surface area contributed by atoms with Gasteiger partial charge in [-0.1, -0.05) is 0 Å². The summed E-state index contributed by atoms with van der Waals surface area (Å²) in [5.74, 6) is 6.25. The monoisotopic (exact) mass is 378 g/mol. The van der Waals surface area contributed by atoms with Crippen LogP contribution in [0.1, 0.15) is 60.9 Å². The lowest BCUT2D eigenvalue weighted by molar-refractivity contribution is -0.245. The fourth-order valence-corrected chi connectivity index (χ4v) is 3.40. The van der Waals surface area contributed by atoms with Crippen LogP contribution in [0, 0.1) is 13.8 Å². The molecule has 1 aliphatic rings. The molecular formula is C19H32N5O3+. The van der Waals surface area contributed by atoms with Gasteiger partial charge in [-0.05, 0) is 53.0 Å². The van der Waals surface area contributed by atoms with Crippen molar-refractivity contribution in [2.75, 3.05) is 13.1 Å². The minimum absolute atomic E-state index is 0.116. The first-order valence-corrected chi connectivity index (χ1v) is 9.23. The molecule has 1 saturated heterocycles. The van der Waals surface area contributed by atoms with Gasteiger partial charge in [0.15, 0.2) is 12.0 Å². The number of likely N-dealkylation sites (tertiary alicyclic amines) is 1. The third kappa shape index (κ3) is 5.11. The number of aryl methyl sites for hydroxylation is 1. The van der Waals surface area contributed by atoms with Crippen molar-refractivity contribution >= 4 is 18.1 Å². The number of nitrogens with one attached hydrogen (secondary N) is 1. The van der Waals surface area contributed by atoms with Crippen molar-refractivity contribution in [3.8, 4) is 0 Å². The van der Waals surface area contributed by atoms with E-state index >= 15 is 0 Å². The highest BCUT2D eigenvalue weighted by molar-refractivity contribution is 5.79. The lowest BCUT2D eigenvalue weighted by atomic mass is 10.0. The second-order valence-corrected chi connectivity index (χ2v) is 8.08. The number of rotatable bonds is 4. The van der Waals surface area contributed by atoms with E-state index in [0.29, 0.717) is 18.8 Å². The van der Waals surface area contributed by atoms with Gasteiger partial charge in [-0.3, -0.25) is 4.79 Å². The molecule has 1 fully saturated rings. The van der Waals surface area contributed by atoms with Gasteiger partial charge in [-0.2, -0.15) is 0 Å². The molecule has 0 saturated carbocycles. The van der Waals surface area contributed by atoms with E-state index in [2.05, 4.69) is 10.7 Å². The van der Waals surface area contributed by atoms with E-state index in [4.69, 9.17) is 10.6 Å². The maximum absolute atomic E-state index is 12.2. The summed E-state index contributed by atoms with van der Waals surface area (Å²) in [6.07, 6.45) is 3.85. The minimum atomic E-state index is -0.494. The minimum Gasteiger partial charge on any atom is -0.444 e. The maximum Gasteiger partial charge on any atom is 0.410 e. The van der Waals surface area contributed by atoms with Crippen LogP contribution in [0.2, 0.25) is 0 Å². The number of carbonyl (C=O) groups excluding carboxylic acids is 2. The van der Waals surface area contributed by atoms with Crippen molar-refractivity contribution in [3.05, 3.63) is 28.7 Å². The van der Waals surface area contributed by atoms with Crippen LogP contribution in [0.25, 0.3) is 5.70 Å². The highest BCUT2D eigenvalue weighted by atomic mass is 16.6. The molecule has 0 unspecified atom stereocenters. The number of piperidine rings is 1. The molecule has 0 aromatic carbocycles. The summed E-state index contributed by atoms with van der Waals surface area (Å²) in [6, 6.07) is 0.116. The highest BCUT2D eigenvalue weighted by Gasteiger charge is 2.28. The van der Waals surface area contributed by atoms with E-state index in [1.165, 1.54) is 0 Å². The largest absolute Gasteiger partial charge is 0.444 e. The highest BCUT2D eigenvalue weighted by Crippen LogP contribution is 2.23. The summed E-state index contributed by atoms with van der Waals surface area (Å²) in [5.41, 5.74) is 7.62. The number of nitrogens with two attached hydrogens (primary N) is 1. The summed E-state index contributed by atoms with van der Waals surface area (Å²) < 4.78 is 5.42. The zero-order chi connectivity index (χ0) is 20.4. The fraction of sp³-hybridized carbons (Fsp3) is 0.579. The zero-order valence-corrected chi connectivity index (χ0v) is 17.0. The number of hydrogen-bond donors (Lipinski definition) is 3. The van der Waals surface area contributed by atoms with Gasteiger partial charge in [0.1, 0.15) is 5.60 Å². The lowest BCUT2D eigenvalue weighted by Crippen LogP contribution is -2.51. The fourth-order valence-electron chi connectivity index (χ4n) is 3.40. The maximum atomic E-state index is 12.2. The molecule has 1 aromatic heterocycles. The van der Waals surface area contributed by atoms with Crippen LogP contribution in [-0.2, 0) is 4.74 Å². The van der Waals surface area contributed by atoms with Gasteiger partial charge in [0, 0.05) is 24.8 Å². The molecule has 150 valence electrons. The molecule has 2 heterocycles. The predicted molar refractivity (Wildman–Crippen MR) is 103 cm³/mol. The molecule has 1 aromatic rings. The summed E-state index contributed by atoms with van der Waals surface area (Å²) in [6.45, 7) is 10.6. The first-order chi connectivity index (χ1) is 12.5. The molecule has 2 rings (SSSR count). The number of hydrogen-bond acceptors (Lipinski definition) is 5. The Kier molecular flexibility index (Phi) is 6.33. The lowest BCUT2D eigenvalue weighted by Gasteiger charge is -2.36. The second kappa shape index (κ2) is 8.14. The summed E-state index contributed by atoms with van der Waals surface area (Å²) >= 11 is 0. The average Bonchev–Trinajstić information content (AvgIpc) is 2.87. The number of hydrazine groups is 1. The van der Waals surface area contributed by atoms with E-state index < -0.39 is 5.60 Å². The Balaban J connectivity index is 2.00. The standard InChI is InChI=1S/C19H31N5O3/c1-12-16(11-25)22-13(2)17(12)15(20)10-24(21)14-6-8-23(9-7-14)18(26)27-19(3,4)5/h10-11,14,22H,6-9,20-21H2,1-5H3/p+1/b15-10-. The molecular weight excluding hydrogens is 346 g/mol. The smallest absolute Gasteiger partial charge is 0.410 e. The van der Waals surface area contributed by atoms with Crippen molar-refractivity contribution in [3.63, 3.8) is 0 Å². The summed E-state index contributed by atoms with van der Waals surface area (Å²) in [4.78, 5) is 28.1. The average molecular weight is 378 g/mol. The van der Waals surface area contributed by atoms with Gasteiger partial charge < -0.3 is 25.4 Å².